The maximum atomic E-state index is 13.8. The van der Waals surface area contributed by atoms with Crippen LogP contribution in [0.1, 0.15) is 87.5 Å². The molecule has 1 aliphatic heterocycles. The highest BCUT2D eigenvalue weighted by atomic mass is 16.5. The Morgan fingerprint density at radius 3 is 2.26 bits per heavy atom. The second-order valence-electron chi connectivity index (χ2n) is 13.4. The first-order chi connectivity index (χ1) is 20.6. The third kappa shape index (κ3) is 8.53. The predicted octanol–water partition coefficient (Wildman–Crippen LogP) is 3.41. The monoisotopic (exact) mass is 591 g/mol. The van der Waals surface area contributed by atoms with Gasteiger partial charge in [0.1, 0.15) is 12.1 Å². The summed E-state index contributed by atoms with van der Waals surface area (Å²) in [5.74, 6) is -0.101. The Bertz CT molecular complexity index is 1300. The molecule has 3 N–H and O–H groups in total. The van der Waals surface area contributed by atoms with Gasteiger partial charge >= 0.3 is 0 Å². The summed E-state index contributed by atoms with van der Waals surface area (Å²) < 4.78 is 5.37. The van der Waals surface area contributed by atoms with E-state index >= 15 is 0 Å². The molecule has 2 saturated carbocycles. The van der Waals surface area contributed by atoms with E-state index in [2.05, 4.69) is 26.0 Å². The zero-order valence-corrected chi connectivity index (χ0v) is 25.6. The fourth-order valence-corrected chi connectivity index (χ4v) is 5.57. The highest BCUT2D eigenvalue weighted by Gasteiger charge is 2.48. The molecule has 10 heteroatoms. The van der Waals surface area contributed by atoms with Gasteiger partial charge in [0, 0.05) is 17.9 Å². The Hall–Kier alpha value is -3.53. The lowest BCUT2D eigenvalue weighted by Gasteiger charge is -2.29. The smallest absolute Gasteiger partial charge is 0.274 e. The average molecular weight is 592 g/mol. The number of carbonyl (C=O) groups excluding carboxylic acids is 4. The van der Waals surface area contributed by atoms with Crippen molar-refractivity contribution in [2.24, 2.45) is 17.3 Å². The van der Waals surface area contributed by atoms with E-state index in [0.717, 1.165) is 50.8 Å². The number of amides is 3. The lowest BCUT2D eigenvalue weighted by atomic mass is 9.91. The first-order valence-electron chi connectivity index (χ1n) is 15.8. The van der Waals surface area contributed by atoms with E-state index in [1.54, 1.807) is 6.07 Å². The summed E-state index contributed by atoms with van der Waals surface area (Å²) in [5, 5.41) is 12.7. The van der Waals surface area contributed by atoms with E-state index in [9.17, 15) is 19.2 Å². The number of benzene rings is 1. The Morgan fingerprint density at radius 2 is 1.65 bits per heavy atom. The van der Waals surface area contributed by atoms with Crippen molar-refractivity contribution in [3.05, 3.63) is 53.4 Å². The largest absolute Gasteiger partial charge is 0.359 e. The molecule has 0 spiro atoms. The molecule has 1 aromatic carbocycles. The molecule has 3 atom stereocenters. The number of aromatic nitrogens is 1. The van der Waals surface area contributed by atoms with E-state index in [1.807, 2.05) is 51.1 Å². The molecule has 1 saturated heterocycles. The van der Waals surface area contributed by atoms with Crippen molar-refractivity contribution in [1.82, 2.24) is 26.0 Å². The fourth-order valence-electron chi connectivity index (χ4n) is 5.57. The number of rotatable bonds is 16. The van der Waals surface area contributed by atoms with E-state index in [-0.39, 0.29) is 29.2 Å². The van der Waals surface area contributed by atoms with Crippen LogP contribution in [-0.4, -0.2) is 64.8 Å². The highest BCUT2D eigenvalue weighted by molar-refractivity contribution is 5.98. The van der Waals surface area contributed by atoms with Gasteiger partial charge < -0.3 is 20.5 Å². The molecule has 1 aromatic heterocycles. The van der Waals surface area contributed by atoms with Crippen molar-refractivity contribution in [1.29, 1.82) is 0 Å². The van der Waals surface area contributed by atoms with E-state index in [4.69, 9.17) is 4.52 Å². The standard InChI is InChI=1S/C33H45N5O5/c1-21(2)16-25(29(39)33(3)12-13-33)34-30(40)26(17-22-8-5-4-6-9-22)35-31(41)27(18-23-10-11-23)36-32(42)28-19-24(43-37-28)20-38-14-7-15-38/h4-6,8-9,19,21,23,25-27H,7,10-18,20H2,1-3H3,(H,34,40)(H,35,41)(H,36,42)/t25-,26-,27-/m0/s1. The SMILES string of the molecule is CC(C)C[C@H](NC(=O)[C@H](Cc1ccccc1)NC(=O)[C@H](CC1CC1)NC(=O)c1cc(CN2CCC2)on1)C(=O)C1(C)CC1. The summed E-state index contributed by atoms with van der Waals surface area (Å²) in [7, 11) is 0. The molecule has 5 rings (SSSR count). The summed E-state index contributed by atoms with van der Waals surface area (Å²) in [6, 6.07) is 8.72. The molecule has 10 nitrogen and oxygen atoms in total. The van der Waals surface area contributed by atoms with Gasteiger partial charge in [0.25, 0.3) is 5.91 Å². The first-order valence-corrected chi connectivity index (χ1v) is 15.8. The van der Waals surface area contributed by atoms with Crippen LogP contribution < -0.4 is 16.0 Å². The Labute approximate surface area is 253 Å². The van der Waals surface area contributed by atoms with Gasteiger partial charge in [0.05, 0.1) is 12.6 Å². The minimum atomic E-state index is -0.918. The van der Waals surface area contributed by atoms with Crippen LogP contribution in [0.15, 0.2) is 40.9 Å². The Morgan fingerprint density at radius 1 is 0.977 bits per heavy atom. The predicted molar refractivity (Wildman–Crippen MR) is 161 cm³/mol. The van der Waals surface area contributed by atoms with Gasteiger partial charge in [0.2, 0.25) is 11.8 Å². The van der Waals surface area contributed by atoms with Crippen LogP contribution in [0, 0.1) is 17.3 Å². The molecular formula is C33H45N5O5. The van der Waals surface area contributed by atoms with Gasteiger partial charge in [-0.25, -0.2) is 0 Å². The number of hydrogen-bond acceptors (Lipinski definition) is 7. The van der Waals surface area contributed by atoms with Gasteiger partial charge in [-0.2, -0.15) is 0 Å². The fraction of sp³-hybridized carbons (Fsp3) is 0.606. The average Bonchev–Trinajstić information content (AvgIpc) is 3.87. The topological polar surface area (TPSA) is 134 Å². The number of nitrogens with zero attached hydrogens (tertiary/aromatic N) is 2. The molecule has 2 aliphatic carbocycles. The lowest BCUT2D eigenvalue weighted by molar-refractivity contribution is -0.133. The number of likely N-dealkylation sites (tertiary alicyclic amines) is 1. The van der Waals surface area contributed by atoms with Crippen molar-refractivity contribution in [2.45, 2.75) is 96.8 Å². The number of hydrogen-bond donors (Lipinski definition) is 3. The van der Waals surface area contributed by atoms with Crippen molar-refractivity contribution in [2.75, 3.05) is 13.1 Å². The molecule has 0 unspecified atom stereocenters. The van der Waals surface area contributed by atoms with Gasteiger partial charge in [0.15, 0.2) is 17.2 Å². The van der Waals surface area contributed by atoms with Gasteiger partial charge in [-0.3, -0.25) is 24.1 Å². The molecule has 232 valence electrons. The summed E-state index contributed by atoms with van der Waals surface area (Å²) in [6.07, 6.45) is 6.06. The summed E-state index contributed by atoms with van der Waals surface area (Å²) in [6.45, 7) is 8.59. The van der Waals surface area contributed by atoms with Crippen LogP contribution in [0.5, 0.6) is 0 Å². The summed E-state index contributed by atoms with van der Waals surface area (Å²) in [4.78, 5) is 56.1. The third-order valence-electron chi connectivity index (χ3n) is 8.86. The molecule has 3 amide bonds. The van der Waals surface area contributed by atoms with Crippen LogP contribution in [0.25, 0.3) is 0 Å². The molecule has 3 fully saturated rings. The van der Waals surface area contributed by atoms with E-state index in [1.165, 1.54) is 0 Å². The number of ketones is 1. The van der Waals surface area contributed by atoms with Crippen LogP contribution in [0.2, 0.25) is 0 Å². The number of carbonyl (C=O) groups is 4. The minimum Gasteiger partial charge on any atom is -0.359 e. The van der Waals surface area contributed by atoms with E-state index in [0.29, 0.717) is 31.1 Å². The minimum absolute atomic E-state index is 0.0549. The summed E-state index contributed by atoms with van der Waals surface area (Å²) in [5.41, 5.74) is 0.621. The van der Waals surface area contributed by atoms with Crippen LogP contribution >= 0.6 is 0 Å². The zero-order chi connectivity index (χ0) is 30.6. The van der Waals surface area contributed by atoms with Crippen LogP contribution in [-0.2, 0) is 27.3 Å². The summed E-state index contributed by atoms with van der Waals surface area (Å²) >= 11 is 0. The number of nitrogens with one attached hydrogen (secondary N) is 3. The van der Waals surface area contributed by atoms with Crippen molar-refractivity contribution in [3.63, 3.8) is 0 Å². The normalized spacial score (nSPS) is 19.5. The van der Waals surface area contributed by atoms with Crippen LogP contribution in [0.4, 0.5) is 0 Å². The van der Waals surface area contributed by atoms with Gasteiger partial charge in [-0.1, -0.05) is 69.1 Å². The molecule has 0 bridgehead atoms. The molecular weight excluding hydrogens is 546 g/mol. The van der Waals surface area contributed by atoms with Crippen molar-refractivity contribution < 1.29 is 23.7 Å². The second-order valence-corrected chi connectivity index (χ2v) is 13.4. The van der Waals surface area contributed by atoms with Crippen molar-refractivity contribution >= 4 is 23.5 Å². The molecule has 2 heterocycles. The van der Waals surface area contributed by atoms with Gasteiger partial charge in [-0.05, 0) is 62.6 Å². The maximum absolute atomic E-state index is 13.8. The van der Waals surface area contributed by atoms with Crippen molar-refractivity contribution in [3.8, 4) is 0 Å². The third-order valence-corrected chi connectivity index (χ3v) is 8.86. The first kappa shape index (κ1) is 30.9. The quantitative estimate of drug-likeness (QED) is 0.272. The van der Waals surface area contributed by atoms with Gasteiger partial charge in [-0.15, -0.1) is 0 Å². The van der Waals surface area contributed by atoms with E-state index < -0.39 is 35.8 Å². The van der Waals surface area contributed by atoms with Crippen LogP contribution in [0.3, 0.4) is 0 Å². The molecule has 43 heavy (non-hydrogen) atoms. The molecule has 0 radical (unpaired) electrons. The zero-order valence-electron chi connectivity index (χ0n) is 25.6. The molecule has 3 aliphatic rings. The molecule has 2 aromatic rings. The lowest BCUT2D eigenvalue weighted by Crippen LogP contribution is -2.57. The number of Topliss-reactive ketones (excluding diaryl/α,β-unsaturated/α-hetero) is 1. The Kier molecular flexibility index (Phi) is 9.64. The highest BCUT2D eigenvalue weighted by Crippen LogP contribution is 2.47. The maximum Gasteiger partial charge on any atom is 0.274 e. The Balaban J connectivity index is 1.28. The second kappa shape index (κ2) is 13.4.